The minimum Gasteiger partial charge on any atom is -0.507 e. The lowest BCUT2D eigenvalue weighted by Crippen LogP contribution is -2.39. The van der Waals surface area contributed by atoms with Gasteiger partial charge in [0.2, 0.25) is 5.91 Å². The van der Waals surface area contributed by atoms with Gasteiger partial charge in [0.25, 0.3) is 10.0 Å². The molecule has 0 radical (unpaired) electrons. The van der Waals surface area contributed by atoms with Gasteiger partial charge in [-0.2, -0.15) is 5.10 Å². The summed E-state index contributed by atoms with van der Waals surface area (Å²) in [5.74, 6) is -0.173. The first-order valence-electron chi connectivity index (χ1n) is 10.7. The number of carbonyl (C=O) groups excluding carboxylic acids is 1. The molecule has 4 aromatic rings. The number of fused-ring (bicyclic) bond motifs is 1. The molecule has 35 heavy (non-hydrogen) atoms. The third-order valence-corrected chi connectivity index (χ3v) is 8.48. The van der Waals surface area contributed by atoms with Crippen LogP contribution in [0.5, 0.6) is 5.75 Å². The molecule has 9 nitrogen and oxygen atoms in total. The van der Waals surface area contributed by atoms with Crippen LogP contribution in [0.1, 0.15) is 18.1 Å². The zero-order valence-electron chi connectivity index (χ0n) is 18.9. The number of hydrogen-bond donors (Lipinski definition) is 4. The van der Waals surface area contributed by atoms with Gasteiger partial charge in [0.05, 0.1) is 27.8 Å². The number of amides is 1. The fourth-order valence-corrected chi connectivity index (χ4v) is 6.00. The van der Waals surface area contributed by atoms with Crippen LogP contribution in [-0.2, 0) is 27.9 Å². The van der Waals surface area contributed by atoms with Crippen LogP contribution in [0.15, 0.2) is 58.8 Å². The van der Waals surface area contributed by atoms with Crippen LogP contribution < -0.4 is 15.4 Å². The van der Waals surface area contributed by atoms with Crippen molar-refractivity contribution in [2.45, 2.75) is 30.3 Å². The fraction of sp³-hybridized carbons (Fsp3) is 0.217. The second kappa shape index (κ2) is 10.2. The lowest BCUT2D eigenvalue weighted by molar-refractivity contribution is -0.122. The molecule has 0 spiro atoms. The predicted molar refractivity (Wildman–Crippen MR) is 137 cm³/mol. The highest BCUT2D eigenvalue weighted by molar-refractivity contribution is 7.94. The van der Waals surface area contributed by atoms with Gasteiger partial charge in [-0.25, -0.2) is 8.42 Å². The molecular weight excluding hydrogens is 510 g/mol. The number of rotatable bonds is 9. The summed E-state index contributed by atoms with van der Waals surface area (Å²) in [4.78, 5) is 12.0. The van der Waals surface area contributed by atoms with Crippen molar-refractivity contribution >= 4 is 55.6 Å². The summed E-state index contributed by atoms with van der Waals surface area (Å²) in [6, 6.07) is 15.2. The van der Waals surface area contributed by atoms with Crippen molar-refractivity contribution in [2.24, 2.45) is 0 Å². The van der Waals surface area contributed by atoms with Gasteiger partial charge in [0, 0.05) is 6.54 Å². The van der Waals surface area contributed by atoms with E-state index in [9.17, 15) is 18.3 Å². The van der Waals surface area contributed by atoms with Crippen LogP contribution in [-0.4, -0.2) is 42.3 Å². The highest BCUT2D eigenvalue weighted by atomic mass is 35.5. The topological polar surface area (TPSA) is 125 Å². The Morgan fingerprint density at radius 2 is 1.91 bits per heavy atom. The van der Waals surface area contributed by atoms with Crippen LogP contribution in [0.3, 0.4) is 0 Å². The first-order valence-corrected chi connectivity index (χ1v) is 13.3. The van der Waals surface area contributed by atoms with Crippen molar-refractivity contribution in [3.05, 3.63) is 70.1 Å². The van der Waals surface area contributed by atoms with E-state index in [0.717, 1.165) is 22.5 Å². The third-order valence-electron chi connectivity index (χ3n) is 5.42. The molecule has 12 heteroatoms. The van der Waals surface area contributed by atoms with E-state index in [2.05, 4.69) is 20.5 Å². The number of hydrogen-bond acceptors (Lipinski definition) is 7. The van der Waals surface area contributed by atoms with E-state index in [-0.39, 0.29) is 27.7 Å². The average molecular weight is 534 g/mol. The molecule has 1 amide bonds. The van der Waals surface area contributed by atoms with Crippen molar-refractivity contribution in [3.8, 4) is 5.75 Å². The Morgan fingerprint density at radius 3 is 2.63 bits per heavy atom. The normalized spacial score (nSPS) is 12.5. The summed E-state index contributed by atoms with van der Waals surface area (Å²) in [7, 11) is -2.22. The smallest absolute Gasteiger partial charge is 0.272 e. The summed E-state index contributed by atoms with van der Waals surface area (Å²) >= 11 is 6.83. The number of anilines is 1. The standard InChI is InChI=1S/C23H24ClN5O4S2/c1-14(25-2)23(31)26-12-15-5-3-6-16(11-15)13-29-17-7-4-8-18(30)21(17)22(27-29)28-35(32,33)20-10-9-19(24)34-20/h3-11,14,25,30H,12-13H2,1-2H3,(H,26,31)(H,27,28)/t14-/m1/s1. The van der Waals surface area contributed by atoms with Gasteiger partial charge in [-0.15, -0.1) is 11.3 Å². The molecule has 1 atom stereocenters. The zero-order valence-corrected chi connectivity index (χ0v) is 21.3. The van der Waals surface area contributed by atoms with E-state index in [0.29, 0.717) is 28.3 Å². The molecule has 0 saturated carbocycles. The number of aromatic nitrogens is 2. The van der Waals surface area contributed by atoms with Gasteiger partial charge in [-0.05, 0) is 49.4 Å². The lowest BCUT2D eigenvalue weighted by Gasteiger charge is -2.12. The van der Waals surface area contributed by atoms with Crippen molar-refractivity contribution in [2.75, 3.05) is 11.8 Å². The highest BCUT2D eigenvalue weighted by Crippen LogP contribution is 2.34. The number of benzene rings is 2. The monoisotopic (exact) mass is 533 g/mol. The molecule has 0 unspecified atom stereocenters. The highest BCUT2D eigenvalue weighted by Gasteiger charge is 2.22. The predicted octanol–water partition coefficient (Wildman–Crippen LogP) is 3.53. The molecular formula is C23H24ClN5O4S2. The quantitative estimate of drug-likeness (QED) is 0.261. The maximum atomic E-state index is 12.8. The minimum absolute atomic E-state index is 0.0205. The number of phenolic OH excluding ortho intramolecular Hbond substituents is 1. The third kappa shape index (κ3) is 5.59. The molecule has 0 fully saturated rings. The number of nitrogens with zero attached hydrogens (tertiary/aromatic N) is 2. The SMILES string of the molecule is CN[C@H](C)C(=O)NCc1cccc(Cn2nc(NS(=O)(=O)c3ccc(Cl)s3)c3c(O)cccc32)c1. The van der Waals surface area contributed by atoms with E-state index in [1.165, 1.54) is 18.2 Å². The van der Waals surface area contributed by atoms with Gasteiger partial charge in [-0.3, -0.25) is 14.2 Å². The molecule has 2 aromatic heterocycles. The Balaban J connectivity index is 1.61. The van der Waals surface area contributed by atoms with Crippen molar-refractivity contribution in [1.29, 1.82) is 0 Å². The van der Waals surface area contributed by atoms with Gasteiger partial charge in [0.1, 0.15) is 9.96 Å². The largest absolute Gasteiger partial charge is 0.507 e. The van der Waals surface area contributed by atoms with Crippen molar-refractivity contribution < 1.29 is 18.3 Å². The molecule has 0 bridgehead atoms. The molecule has 0 aliphatic carbocycles. The minimum atomic E-state index is -3.94. The maximum absolute atomic E-state index is 12.8. The van der Waals surface area contributed by atoms with Crippen molar-refractivity contribution in [1.82, 2.24) is 20.4 Å². The van der Waals surface area contributed by atoms with Gasteiger partial charge >= 0.3 is 0 Å². The molecule has 0 aliphatic rings. The van der Waals surface area contributed by atoms with E-state index in [4.69, 9.17) is 11.6 Å². The maximum Gasteiger partial charge on any atom is 0.272 e. The molecule has 0 saturated heterocycles. The Bertz CT molecular complexity index is 1480. The molecule has 4 rings (SSSR count). The Kier molecular flexibility index (Phi) is 7.31. The Labute approximate surface area is 211 Å². The fourth-order valence-electron chi connectivity index (χ4n) is 3.51. The second-order valence-electron chi connectivity index (χ2n) is 7.89. The number of carbonyl (C=O) groups is 1. The van der Waals surface area contributed by atoms with Gasteiger partial charge < -0.3 is 15.7 Å². The zero-order chi connectivity index (χ0) is 25.2. The summed E-state index contributed by atoms with van der Waals surface area (Å²) in [5, 5.41) is 21.0. The number of halogens is 1. The Hall–Kier alpha value is -3.12. The summed E-state index contributed by atoms with van der Waals surface area (Å²) < 4.78 is 30.2. The summed E-state index contributed by atoms with van der Waals surface area (Å²) in [5.41, 5.74) is 2.37. The van der Waals surface area contributed by atoms with Crippen LogP contribution in [0.25, 0.3) is 10.9 Å². The van der Waals surface area contributed by atoms with Crippen LogP contribution in [0, 0.1) is 0 Å². The second-order valence-corrected chi connectivity index (χ2v) is 11.5. The summed E-state index contributed by atoms with van der Waals surface area (Å²) in [6.45, 7) is 2.47. The summed E-state index contributed by atoms with van der Waals surface area (Å²) in [6.07, 6.45) is 0. The van der Waals surface area contributed by atoms with E-state index >= 15 is 0 Å². The van der Waals surface area contributed by atoms with Gasteiger partial charge in [0.15, 0.2) is 5.82 Å². The first kappa shape index (κ1) is 25.0. The number of sulfonamides is 1. The number of thiophene rings is 1. The molecule has 0 aliphatic heterocycles. The molecule has 2 aromatic carbocycles. The number of likely N-dealkylation sites (N-methyl/N-ethyl adjacent to an activating group) is 1. The van der Waals surface area contributed by atoms with Crippen LogP contribution in [0.2, 0.25) is 4.34 Å². The van der Waals surface area contributed by atoms with Crippen LogP contribution >= 0.6 is 22.9 Å². The van der Waals surface area contributed by atoms with Crippen LogP contribution in [0.4, 0.5) is 5.82 Å². The molecule has 184 valence electrons. The van der Waals surface area contributed by atoms with E-state index in [1.54, 1.807) is 30.8 Å². The van der Waals surface area contributed by atoms with E-state index < -0.39 is 10.0 Å². The molecule has 4 N–H and O–H groups in total. The molecule has 2 heterocycles. The van der Waals surface area contributed by atoms with Gasteiger partial charge in [-0.1, -0.05) is 41.9 Å². The number of aromatic hydroxyl groups is 1. The number of nitrogens with one attached hydrogen (secondary N) is 3. The average Bonchev–Trinajstić information content (AvgIpc) is 3.42. The Morgan fingerprint density at radius 1 is 1.17 bits per heavy atom. The van der Waals surface area contributed by atoms with Crippen molar-refractivity contribution in [3.63, 3.8) is 0 Å². The number of phenols is 1. The first-order chi connectivity index (χ1) is 16.7. The van der Waals surface area contributed by atoms with E-state index in [1.807, 2.05) is 24.3 Å². The lowest BCUT2D eigenvalue weighted by atomic mass is 10.1.